The Balaban J connectivity index is 1.79. The Hall–Kier alpha value is -3.60. The van der Waals surface area contributed by atoms with Crippen LogP contribution in [0, 0.1) is 5.82 Å². The monoisotopic (exact) mass is 456 g/mol. The summed E-state index contributed by atoms with van der Waals surface area (Å²) in [6.07, 6.45) is 0.995. The summed E-state index contributed by atoms with van der Waals surface area (Å²) in [6, 6.07) is 3.97. The van der Waals surface area contributed by atoms with Crippen LogP contribution >= 0.6 is 0 Å². The molecule has 33 heavy (non-hydrogen) atoms. The van der Waals surface area contributed by atoms with E-state index in [2.05, 4.69) is 15.4 Å². The molecule has 3 aromatic rings. The first-order valence-corrected chi connectivity index (χ1v) is 10.6. The molecule has 1 N–H and O–H groups in total. The lowest BCUT2D eigenvalue weighted by atomic mass is 10.1. The highest BCUT2D eigenvalue weighted by Gasteiger charge is 2.37. The van der Waals surface area contributed by atoms with Crippen molar-refractivity contribution in [3.8, 4) is 0 Å². The van der Waals surface area contributed by atoms with Crippen LogP contribution in [0.2, 0.25) is 0 Å². The first-order valence-electron chi connectivity index (χ1n) is 10.6. The molecule has 0 radical (unpaired) electrons. The van der Waals surface area contributed by atoms with Crippen molar-refractivity contribution in [1.29, 1.82) is 0 Å². The molecule has 3 aromatic heterocycles. The van der Waals surface area contributed by atoms with E-state index in [0.717, 1.165) is 6.20 Å². The third kappa shape index (κ3) is 4.11. The molecular weight excluding hydrogens is 431 g/mol. The highest BCUT2D eigenvalue weighted by atomic mass is 19.1. The molecule has 2 amide bonds. The number of methoxy groups -OCH3 is 1. The summed E-state index contributed by atoms with van der Waals surface area (Å²) >= 11 is 0. The molecule has 0 fully saturated rings. The minimum Gasteiger partial charge on any atom is -0.383 e. The van der Waals surface area contributed by atoms with Crippen LogP contribution in [0.3, 0.4) is 0 Å². The molecule has 1 aliphatic rings. The van der Waals surface area contributed by atoms with Gasteiger partial charge in [0.2, 0.25) is 5.91 Å². The molecule has 4 heterocycles. The number of halogens is 1. The van der Waals surface area contributed by atoms with E-state index in [9.17, 15) is 18.8 Å². The number of carbonyl (C=O) groups excluding carboxylic acids is 2. The van der Waals surface area contributed by atoms with Crippen molar-refractivity contribution < 1.29 is 18.7 Å². The molecular formula is C22H25FN6O4. The van der Waals surface area contributed by atoms with Crippen LogP contribution in [0.25, 0.3) is 5.65 Å². The van der Waals surface area contributed by atoms with E-state index in [1.54, 1.807) is 18.1 Å². The van der Waals surface area contributed by atoms with Gasteiger partial charge in [-0.25, -0.2) is 9.37 Å². The summed E-state index contributed by atoms with van der Waals surface area (Å²) in [5.41, 5.74) is 1.07. The van der Waals surface area contributed by atoms with Gasteiger partial charge in [0, 0.05) is 13.2 Å². The van der Waals surface area contributed by atoms with Gasteiger partial charge in [0.25, 0.3) is 11.5 Å². The van der Waals surface area contributed by atoms with Crippen molar-refractivity contribution in [2.75, 3.05) is 19.0 Å². The van der Waals surface area contributed by atoms with Crippen molar-refractivity contribution in [2.45, 2.75) is 45.8 Å². The van der Waals surface area contributed by atoms with Crippen LogP contribution in [-0.4, -0.2) is 55.6 Å². The summed E-state index contributed by atoms with van der Waals surface area (Å²) < 4.78 is 21.1. The summed E-state index contributed by atoms with van der Waals surface area (Å²) in [7, 11) is 1.54. The zero-order chi connectivity index (χ0) is 23.9. The van der Waals surface area contributed by atoms with Crippen LogP contribution in [-0.2, 0) is 22.6 Å². The zero-order valence-corrected chi connectivity index (χ0v) is 18.8. The predicted molar refractivity (Wildman–Crippen MR) is 118 cm³/mol. The van der Waals surface area contributed by atoms with Crippen molar-refractivity contribution >= 4 is 23.3 Å². The third-order valence-electron chi connectivity index (χ3n) is 5.61. The number of nitrogens with one attached hydrogen (secondary N) is 1. The minimum absolute atomic E-state index is 0.0405. The van der Waals surface area contributed by atoms with Gasteiger partial charge < -0.3 is 19.5 Å². The normalized spacial score (nSPS) is 14.2. The summed E-state index contributed by atoms with van der Waals surface area (Å²) in [4.78, 5) is 44.8. The molecule has 0 aliphatic carbocycles. The first-order chi connectivity index (χ1) is 15.7. The average molecular weight is 456 g/mol. The van der Waals surface area contributed by atoms with E-state index in [1.807, 2.05) is 20.8 Å². The van der Waals surface area contributed by atoms with Gasteiger partial charge in [-0.05, 0) is 25.0 Å². The summed E-state index contributed by atoms with van der Waals surface area (Å²) in [5, 5.41) is 7.02. The number of hydrogen-bond donors (Lipinski definition) is 1. The molecule has 0 bridgehead atoms. The molecule has 1 atom stereocenters. The Morgan fingerprint density at radius 3 is 2.67 bits per heavy atom. The molecule has 0 saturated carbocycles. The lowest BCUT2D eigenvalue weighted by Crippen LogP contribution is -2.37. The number of rotatable bonds is 7. The van der Waals surface area contributed by atoms with E-state index < -0.39 is 11.7 Å². The number of ether oxygens (including phenoxy) is 1. The van der Waals surface area contributed by atoms with Crippen molar-refractivity contribution in [1.82, 2.24) is 24.1 Å². The smallest absolute Gasteiger partial charge is 0.280 e. The van der Waals surface area contributed by atoms with E-state index >= 15 is 0 Å². The van der Waals surface area contributed by atoms with Crippen molar-refractivity contribution in [3.63, 3.8) is 0 Å². The lowest BCUT2D eigenvalue weighted by molar-refractivity contribution is -0.116. The third-order valence-corrected chi connectivity index (χ3v) is 5.61. The summed E-state index contributed by atoms with van der Waals surface area (Å²) in [6.45, 7) is 5.86. The number of aromatic nitrogens is 4. The van der Waals surface area contributed by atoms with E-state index in [4.69, 9.17) is 4.74 Å². The molecule has 10 nitrogen and oxygen atoms in total. The standard InChI is InChI=1S/C22H25FN6O4/c1-12(2)16-7-19-28(10-18(30)25-17-6-5-14(23)8-24-17)20-15(21(31)29(19)26-16)9-27(22(20)32)13(3)11-33-4/h5-8,12-13H,9-11H2,1-4H3,(H,24,25,30)/t13-/m1/s1. The molecule has 0 unspecified atom stereocenters. The Labute approximate surface area is 189 Å². The topological polar surface area (TPSA) is 111 Å². The van der Waals surface area contributed by atoms with E-state index in [0.29, 0.717) is 17.9 Å². The number of fused-ring (bicyclic) bond motifs is 2. The maximum Gasteiger partial charge on any atom is 0.280 e. The predicted octanol–water partition coefficient (Wildman–Crippen LogP) is 1.78. The fourth-order valence-corrected chi connectivity index (χ4v) is 3.91. The molecule has 4 rings (SSSR count). The molecule has 0 spiro atoms. The van der Waals surface area contributed by atoms with Gasteiger partial charge in [0.05, 0.1) is 36.6 Å². The van der Waals surface area contributed by atoms with Gasteiger partial charge in [0.1, 0.15) is 29.5 Å². The van der Waals surface area contributed by atoms with Gasteiger partial charge >= 0.3 is 0 Å². The Kier molecular flexibility index (Phi) is 5.98. The molecule has 174 valence electrons. The zero-order valence-electron chi connectivity index (χ0n) is 18.8. The SMILES string of the molecule is COC[C@@H](C)N1Cc2c(n(CC(=O)Nc3ccc(F)cn3)c3cc(C(C)C)nn3c2=O)C1=O. The van der Waals surface area contributed by atoms with Gasteiger partial charge in [0.15, 0.2) is 0 Å². The highest BCUT2D eigenvalue weighted by molar-refractivity contribution is 5.98. The number of hydrogen-bond acceptors (Lipinski definition) is 6. The average Bonchev–Trinajstić information content (AvgIpc) is 3.36. The Morgan fingerprint density at radius 2 is 2.03 bits per heavy atom. The highest BCUT2D eigenvalue weighted by Crippen LogP contribution is 2.25. The Bertz CT molecular complexity index is 1280. The van der Waals surface area contributed by atoms with Crippen LogP contribution in [0.1, 0.15) is 48.4 Å². The molecule has 11 heteroatoms. The van der Waals surface area contributed by atoms with Crippen LogP contribution in [0.4, 0.5) is 10.2 Å². The maximum absolute atomic E-state index is 13.3. The number of carbonyl (C=O) groups is 2. The van der Waals surface area contributed by atoms with Gasteiger partial charge in [-0.15, -0.1) is 0 Å². The second kappa shape index (κ2) is 8.74. The van der Waals surface area contributed by atoms with Crippen molar-refractivity contribution in [3.05, 3.63) is 57.5 Å². The second-order valence-corrected chi connectivity index (χ2v) is 8.36. The summed E-state index contributed by atoms with van der Waals surface area (Å²) in [5.74, 6) is -1.14. The van der Waals surface area contributed by atoms with Crippen LogP contribution in [0.15, 0.2) is 29.2 Å². The molecule has 1 aliphatic heterocycles. The fraction of sp³-hybridized carbons (Fsp3) is 0.409. The van der Waals surface area contributed by atoms with Gasteiger partial charge in [-0.2, -0.15) is 9.61 Å². The lowest BCUT2D eigenvalue weighted by Gasteiger charge is -2.23. The Morgan fingerprint density at radius 1 is 1.27 bits per heavy atom. The largest absolute Gasteiger partial charge is 0.383 e. The molecule has 0 aromatic carbocycles. The maximum atomic E-state index is 13.3. The first kappa shape index (κ1) is 22.6. The quantitative estimate of drug-likeness (QED) is 0.580. The number of nitrogens with zero attached hydrogens (tertiary/aromatic N) is 5. The molecule has 0 saturated heterocycles. The van der Waals surface area contributed by atoms with Crippen molar-refractivity contribution in [2.24, 2.45) is 0 Å². The number of amides is 2. The van der Waals surface area contributed by atoms with Gasteiger partial charge in [-0.3, -0.25) is 14.4 Å². The van der Waals surface area contributed by atoms with Crippen LogP contribution < -0.4 is 10.9 Å². The fourth-order valence-electron chi connectivity index (χ4n) is 3.91. The van der Waals surface area contributed by atoms with E-state index in [1.165, 1.54) is 21.2 Å². The number of pyridine rings is 1. The second-order valence-electron chi connectivity index (χ2n) is 8.36. The number of anilines is 1. The minimum atomic E-state index is -0.524. The van der Waals surface area contributed by atoms with E-state index in [-0.39, 0.29) is 53.6 Å². The van der Waals surface area contributed by atoms with Gasteiger partial charge in [-0.1, -0.05) is 13.8 Å². The van der Waals surface area contributed by atoms with Crippen LogP contribution in [0.5, 0.6) is 0 Å².